The molecule has 0 spiro atoms. The van der Waals surface area contributed by atoms with Crippen LogP contribution in [0.3, 0.4) is 0 Å². The van der Waals surface area contributed by atoms with Gasteiger partial charge in [0, 0.05) is 50.3 Å². The van der Waals surface area contributed by atoms with Crippen LogP contribution in [0.25, 0.3) is 0 Å². The first-order chi connectivity index (χ1) is 13.1. The molecule has 0 saturated carbocycles. The highest BCUT2D eigenvalue weighted by Crippen LogP contribution is 2.28. The van der Waals surface area contributed by atoms with E-state index in [-0.39, 0.29) is 5.69 Å². The summed E-state index contributed by atoms with van der Waals surface area (Å²) in [4.78, 5) is 23.0. The average Bonchev–Trinajstić information content (AvgIpc) is 3.09. The molecule has 0 amide bonds. The Hall–Kier alpha value is -2.81. The van der Waals surface area contributed by atoms with Crippen molar-refractivity contribution in [2.24, 2.45) is 5.92 Å². The van der Waals surface area contributed by atoms with Gasteiger partial charge >= 0.3 is 0 Å². The van der Waals surface area contributed by atoms with E-state index in [0.717, 1.165) is 32.6 Å². The smallest absolute Gasteiger partial charge is 0.269 e. The number of fused-ring (bicyclic) bond motifs is 1. The lowest BCUT2D eigenvalue weighted by molar-refractivity contribution is -0.384. The Labute approximate surface area is 155 Å². The number of anilines is 1. The van der Waals surface area contributed by atoms with Crippen molar-refractivity contribution in [1.82, 2.24) is 14.9 Å². The maximum absolute atomic E-state index is 13.0. The predicted molar refractivity (Wildman–Crippen MR) is 96.3 cm³/mol. The SMILES string of the molecule is O=[N+]([O-])c1ccc(OC[C@H]2C[C@H]3CN(c4ncc(F)cn4)CCN3C2)cc1. The molecule has 1 aromatic heterocycles. The number of hydrogen-bond donors (Lipinski definition) is 0. The van der Waals surface area contributed by atoms with E-state index in [1.54, 1.807) is 12.1 Å². The van der Waals surface area contributed by atoms with Crippen molar-refractivity contribution in [2.75, 3.05) is 37.7 Å². The summed E-state index contributed by atoms with van der Waals surface area (Å²) < 4.78 is 18.8. The summed E-state index contributed by atoms with van der Waals surface area (Å²) in [6, 6.07) is 6.57. The number of nitro benzene ring substituents is 1. The van der Waals surface area contributed by atoms with Crippen LogP contribution >= 0.6 is 0 Å². The van der Waals surface area contributed by atoms with Gasteiger partial charge in [0.15, 0.2) is 5.82 Å². The Bertz CT molecular complexity index is 802. The Kier molecular flexibility index (Phi) is 4.85. The molecule has 0 unspecified atom stereocenters. The highest BCUT2D eigenvalue weighted by molar-refractivity contribution is 5.36. The van der Waals surface area contributed by atoms with Crippen molar-refractivity contribution in [3.05, 3.63) is 52.6 Å². The summed E-state index contributed by atoms with van der Waals surface area (Å²) in [7, 11) is 0. The van der Waals surface area contributed by atoms with Gasteiger partial charge in [-0.05, 0) is 18.6 Å². The minimum absolute atomic E-state index is 0.0588. The van der Waals surface area contributed by atoms with Crippen molar-refractivity contribution in [3.8, 4) is 5.75 Å². The molecule has 2 atom stereocenters. The molecule has 0 bridgehead atoms. The zero-order chi connectivity index (χ0) is 18.8. The second-order valence-corrected chi connectivity index (χ2v) is 6.96. The lowest BCUT2D eigenvalue weighted by Crippen LogP contribution is -2.50. The molecule has 2 aliphatic heterocycles. The standard InChI is InChI=1S/C18H20FN5O3/c19-14-8-20-18(21-9-14)23-6-5-22-10-13(7-16(22)11-23)12-27-17-3-1-15(2-4-17)24(25)26/h1-4,8-9,13,16H,5-7,10-12H2/t13-,16-/m0/s1. The predicted octanol–water partition coefficient (Wildman–Crippen LogP) is 2.11. The summed E-state index contributed by atoms with van der Waals surface area (Å²) in [5, 5.41) is 10.7. The van der Waals surface area contributed by atoms with Crippen molar-refractivity contribution in [2.45, 2.75) is 12.5 Å². The first-order valence-electron chi connectivity index (χ1n) is 8.92. The number of piperazine rings is 1. The fourth-order valence-corrected chi connectivity index (χ4v) is 3.80. The molecule has 3 heterocycles. The van der Waals surface area contributed by atoms with E-state index in [1.165, 1.54) is 24.5 Å². The monoisotopic (exact) mass is 373 g/mol. The van der Waals surface area contributed by atoms with Gasteiger partial charge in [0.25, 0.3) is 5.69 Å². The number of hydrogen-bond acceptors (Lipinski definition) is 7. The van der Waals surface area contributed by atoms with Crippen LogP contribution in [0, 0.1) is 21.8 Å². The molecule has 0 aliphatic carbocycles. The Balaban J connectivity index is 1.30. The van der Waals surface area contributed by atoms with Crippen molar-refractivity contribution in [1.29, 1.82) is 0 Å². The Morgan fingerprint density at radius 3 is 2.63 bits per heavy atom. The third-order valence-electron chi connectivity index (χ3n) is 5.13. The largest absolute Gasteiger partial charge is 0.493 e. The Morgan fingerprint density at radius 2 is 1.93 bits per heavy atom. The molecule has 2 aliphatic rings. The van der Waals surface area contributed by atoms with Gasteiger partial charge in [0.05, 0.1) is 23.9 Å². The van der Waals surface area contributed by atoms with Gasteiger partial charge in [-0.15, -0.1) is 0 Å². The number of ether oxygens (including phenoxy) is 1. The number of nitrogens with zero attached hydrogens (tertiary/aromatic N) is 5. The van der Waals surface area contributed by atoms with Crippen LogP contribution in [0.15, 0.2) is 36.7 Å². The third kappa shape index (κ3) is 3.97. The van der Waals surface area contributed by atoms with E-state index in [0.29, 0.717) is 30.3 Å². The average molecular weight is 373 g/mol. The van der Waals surface area contributed by atoms with E-state index in [2.05, 4.69) is 19.8 Å². The third-order valence-corrected chi connectivity index (χ3v) is 5.13. The van der Waals surface area contributed by atoms with E-state index in [4.69, 9.17) is 4.74 Å². The lowest BCUT2D eigenvalue weighted by atomic mass is 10.1. The molecule has 9 heteroatoms. The second kappa shape index (κ2) is 7.43. The Morgan fingerprint density at radius 1 is 1.19 bits per heavy atom. The maximum atomic E-state index is 13.0. The number of aromatic nitrogens is 2. The van der Waals surface area contributed by atoms with Gasteiger partial charge in [-0.2, -0.15) is 0 Å². The highest BCUT2D eigenvalue weighted by atomic mass is 19.1. The van der Waals surface area contributed by atoms with Gasteiger partial charge in [-0.25, -0.2) is 14.4 Å². The number of rotatable bonds is 5. The fourth-order valence-electron chi connectivity index (χ4n) is 3.80. The zero-order valence-corrected chi connectivity index (χ0v) is 14.7. The summed E-state index contributed by atoms with van der Waals surface area (Å²) in [5.41, 5.74) is 0.0588. The molecule has 0 radical (unpaired) electrons. The molecule has 1 aromatic carbocycles. The van der Waals surface area contributed by atoms with E-state index in [9.17, 15) is 14.5 Å². The summed E-state index contributed by atoms with van der Waals surface area (Å²) >= 11 is 0. The van der Waals surface area contributed by atoms with Crippen LogP contribution in [0.4, 0.5) is 16.0 Å². The van der Waals surface area contributed by atoms with Crippen LogP contribution in [0.5, 0.6) is 5.75 Å². The van der Waals surface area contributed by atoms with E-state index >= 15 is 0 Å². The molecular weight excluding hydrogens is 353 g/mol. The molecule has 2 fully saturated rings. The fraction of sp³-hybridized carbons (Fsp3) is 0.444. The van der Waals surface area contributed by atoms with Crippen LogP contribution in [-0.2, 0) is 0 Å². The van der Waals surface area contributed by atoms with Crippen molar-refractivity contribution in [3.63, 3.8) is 0 Å². The highest BCUT2D eigenvalue weighted by Gasteiger charge is 2.37. The summed E-state index contributed by atoms with van der Waals surface area (Å²) in [6.07, 6.45) is 3.40. The summed E-state index contributed by atoms with van der Waals surface area (Å²) in [5.74, 6) is 1.19. The first-order valence-corrected chi connectivity index (χ1v) is 8.92. The minimum atomic E-state index is -0.429. The zero-order valence-electron chi connectivity index (χ0n) is 14.7. The van der Waals surface area contributed by atoms with Gasteiger partial charge in [0.1, 0.15) is 5.75 Å². The van der Waals surface area contributed by atoms with Gasteiger partial charge < -0.3 is 9.64 Å². The number of nitro groups is 1. The second-order valence-electron chi connectivity index (χ2n) is 6.96. The number of benzene rings is 1. The lowest BCUT2D eigenvalue weighted by Gasteiger charge is -2.37. The molecule has 27 heavy (non-hydrogen) atoms. The van der Waals surface area contributed by atoms with E-state index < -0.39 is 10.7 Å². The van der Waals surface area contributed by atoms with Crippen LogP contribution in [0.2, 0.25) is 0 Å². The van der Waals surface area contributed by atoms with Gasteiger partial charge in [-0.1, -0.05) is 0 Å². The van der Waals surface area contributed by atoms with Crippen molar-refractivity contribution >= 4 is 11.6 Å². The molecule has 142 valence electrons. The topological polar surface area (TPSA) is 84.6 Å². The van der Waals surface area contributed by atoms with Gasteiger partial charge in [-0.3, -0.25) is 15.0 Å². The quantitative estimate of drug-likeness (QED) is 0.586. The normalized spacial score (nSPS) is 22.5. The number of non-ortho nitro benzene ring substituents is 1. The van der Waals surface area contributed by atoms with Crippen LogP contribution in [0.1, 0.15) is 6.42 Å². The molecule has 2 aromatic rings. The molecule has 4 rings (SSSR count). The summed E-state index contributed by atoms with van der Waals surface area (Å²) in [6.45, 7) is 4.10. The number of halogens is 1. The van der Waals surface area contributed by atoms with Gasteiger partial charge in [0.2, 0.25) is 5.95 Å². The molecule has 0 N–H and O–H groups in total. The van der Waals surface area contributed by atoms with Crippen LogP contribution in [-0.4, -0.2) is 58.6 Å². The molecular formula is C18H20FN5O3. The first kappa shape index (κ1) is 17.6. The molecule has 2 saturated heterocycles. The molecule has 8 nitrogen and oxygen atoms in total. The minimum Gasteiger partial charge on any atom is -0.493 e. The maximum Gasteiger partial charge on any atom is 0.269 e. The van der Waals surface area contributed by atoms with Crippen LogP contribution < -0.4 is 9.64 Å². The van der Waals surface area contributed by atoms with Crippen molar-refractivity contribution < 1.29 is 14.1 Å². The van der Waals surface area contributed by atoms with E-state index in [1.807, 2.05) is 0 Å².